The Labute approximate surface area is 190 Å². The van der Waals surface area contributed by atoms with Crippen LogP contribution in [0.15, 0.2) is 29.2 Å². The molecular weight excluding hydrogens is 452 g/mol. The fourth-order valence-corrected chi connectivity index (χ4v) is 5.65. The van der Waals surface area contributed by atoms with Crippen LogP contribution in [0.2, 0.25) is 0 Å². The SMILES string of the molecule is COCc1nc(OC)c2c(C)c(C(=O)NCc3ccc(S(=O)(=O)NC4CC4)cc3)sc2n1. The summed E-state index contributed by atoms with van der Waals surface area (Å²) >= 11 is 1.27. The number of nitrogens with one attached hydrogen (secondary N) is 2. The summed E-state index contributed by atoms with van der Waals surface area (Å²) in [5, 5.41) is 3.60. The van der Waals surface area contributed by atoms with Crippen LogP contribution in [0.4, 0.5) is 0 Å². The van der Waals surface area contributed by atoms with Crippen LogP contribution in [0.25, 0.3) is 10.2 Å². The molecule has 0 aliphatic heterocycles. The number of hydrogen-bond acceptors (Lipinski definition) is 8. The molecule has 1 fully saturated rings. The summed E-state index contributed by atoms with van der Waals surface area (Å²) in [4.78, 5) is 23.1. The van der Waals surface area contributed by atoms with Crippen molar-refractivity contribution in [3.8, 4) is 5.88 Å². The summed E-state index contributed by atoms with van der Waals surface area (Å²) in [6.07, 6.45) is 1.76. The van der Waals surface area contributed by atoms with E-state index in [4.69, 9.17) is 9.47 Å². The number of hydrogen-bond donors (Lipinski definition) is 2. The van der Waals surface area contributed by atoms with E-state index >= 15 is 0 Å². The van der Waals surface area contributed by atoms with Crippen LogP contribution in [-0.2, 0) is 27.9 Å². The number of aryl methyl sites for hydroxylation is 1. The van der Waals surface area contributed by atoms with Crippen molar-refractivity contribution in [2.75, 3.05) is 14.2 Å². The second-order valence-electron chi connectivity index (χ2n) is 7.54. The third kappa shape index (κ3) is 4.75. The van der Waals surface area contributed by atoms with Crippen LogP contribution in [0.5, 0.6) is 5.88 Å². The molecule has 170 valence electrons. The van der Waals surface area contributed by atoms with E-state index in [9.17, 15) is 13.2 Å². The lowest BCUT2D eigenvalue weighted by atomic mass is 10.2. The Balaban J connectivity index is 1.48. The van der Waals surface area contributed by atoms with E-state index in [0.29, 0.717) is 26.8 Å². The van der Waals surface area contributed by atoms with E-state index in [0.717, 1.165) is 24.0 Å². The monoisotopic (exact) mass is 476 g/mol. The molecule has 0 spiro atoms. The Morgan fingerprint density at radius 2 is 1.91 bits per heavy atom. The normalized spacial score (nSPS) is 14.0. The van der Waals surface area contributed by atoms with Crippen LogP contribution in [0, 0.1) is 6.92 Å². The number of methoxy groups -OCH3 is 2. The molecule has 4 rings (SSSR count). The number of aromatic nitrogens is 2. The molecule has 1 saturated carbocycles. The minimum absolute atomic E-state index is 0.0532. The molecule has 9 nitrogen and oxygen atoms in total. The molecule has 11 heteroatoms. The zero-order chi connectivity index (χ0) is 22.9. The zero-order valence-corrected chi connectivity index (χ0v) is 19.6. The Kier molecular flexibility index (Phi) is 6.42. The molecule has 1 aliphatic carbocycles. The van der Waals surface area contributed by atoms with Gasteiger partial charge in [0.25, 0.3) is 5.91 Å². The second-order valence-corrected chi connectivity index (χ2v) is 10.3. The molecule has 1 amide bonds. The number of benzene rings is 1. The topological polar surface area (TPSA) is 120 Å². The van der Waals surface area contributed by atoms with Crippen molar-refractivity contribution in [1.82, 2.24) is 20.0 Å². The molecule has 1 aromatic carbocycles. The number of amides is 1. The van der Waals surface area contributed by atoms with Gasteiger partial charge < -0.3 is 14.8 Å². The number of fused-ring (bicyclic) bond motifs is 1. The van der Waals surface area contributed by atoms with Crippen molar-refractivity contribution in [1.29, 1.82) is 0 Å². The number of thiophene rings is 1. The summed E-state index contributed by atoms with van der Waals surface area (Å²) in [5.41, 5.74) is 1.54. The van der Waals surface area contributed by atoms with Crippen LogP contribution >= 0.6 is 11.3 Å². The minimum Gasteiger partial charge on any atom is -0.480 e. The first kappa shape index (κ1) is 22.6. The average Bonchev–Trinajstić information content (AvgIpc) is 3.52. The quantitative estimate of drug-likeness (QED) is 0.487. The lowest BCUT2D eigenvalue weighted by molar-refractivity contribution is 0.0954. The van der Waals surface area contributed by atoms with Gasteiger partial charge in [0, 0.05) is 19.7 Å². The standard InChI is InChI=1S/C21H24N4O5S2/c1-12-17-20(30-3)23-16(11-29-2)24-21(17)31-18(12)19(26)22-10-13-4-8-15(9-5-13)32(27,28)25-14-6-7-14/h4-5,8-9,14,25H,6-7,10-11H2,1-3H3,(H,22,26). The predicted octanol–water partition coefficient (Wildman–Crippen LogP) is 2.53. The molecule has 0 unspecified atom stereocenters. The molecule has 0 atom stereocenters. The number of nitrogens with zero attached hydrogens (tertiary/aromatic N) is 2. The van der Waals surface area contributed by atoms with Gasteiger partial charge in [-0.3, -0.25) is 4.79 Å². The van der Waals surface area contributed by atoms with Crippen molar-refractivity contribution in [3.63, 3.8) is 0 Å². The summed E-state index contributed by atoms with van der Waals surface area (Å²) < 4.78 is 37.7. The molecule has 3 aromatic rings. The summed E-state index contributed by atoms with van der Waals surface area (Å²) in [7, 11) is -0.406. The first-order valence-corrected chi connectivity index (χ1v) is 12.3. The van der Waals surface area contributed by atoms with E-state index < -0.39 is 10.0 Å². The fraction of sp³-hybridized carbons (Fsp3) is 0.381. The third-order valence-corrected chi connectivity index (χ3v) is 7.78. The van der Waals surface area contributed by atoms with Crippen LogP contribution in [-0.4, -0.2) is 44.6 Å². The van der Waals surface area contributed by atoms with Crippen molar-refractivity contribution < 1.29 is 22.7 Å². The fourth-order valence-electron chi connectivity index (χ4n) is 3.24. The lowest BCUT2D eigenvalue weighted by Gasteiger charge is -2.08. The van der Waals surface area contributed by atoms with Crippen molar-refractivity contribution in [3.05, 3.63) is 46.1 Å². The second kappa shape index (κ2) is 9.10. The molecule has 2 aromatic heterocycles. The van der Waals surface area contributed by atoms with E-state index in [1.807, 2.05) is 6.92 Å². The van der Waals surface area contributed by atoms with Gasteiger partial charge in [-0.15, -0.1) is 11.3 Å². The molecular formula is C21H24N4O5S2. The number of rotatable bonds is 9. The predicted molar refractivity (Wildman–Crippen MR) is 120 cm³/mol. The number of ether oxygens (including phenoxy) is 2. The smallest absolute Gasteiger partial charge is 0.261 e. The highest BCUT2D eigenvalue weighted by Gasteiger charge is 2.28. The van der Waals surface area contributed by atoms with Crippen LogP contribution in [0.1, 0.15) is 39.5 Å². The molecule has 0 saturated heterocycles. The Hall–Kier alpha value is -2.60. The number of carbonyl (C=O) groups is 1. The van der Waals surface area contributed by atoms with E-state index in [2.05, 4.69) is 20.0 Å². The van der Waals surface area contributed by atoms with E-state index in [1.54, 1.807) is 31.4 Å². The van der Waals surface area contributed by atoms with E-state index in [-0.39, 0.29) is 30.0 Å². The van der Waals surface area contributed by atoms with Gasteiger partial charge in [0.05, 0.1) is 22.3 Å². The maximum absolute atomic E-state index is 12.9. The average molecular weight is 477 g/mol. The highest BCUT2D eigenvalue weighted by molar-refractivity contribution is 7.89. The zero-order valence-electron chi connectivity index (χ0n) is 18.0. The van der Waals surface area contributed by atoms with E-state index in [1.165, 1.54) is 18.4 Å². The first-order valence-electron chi connectivity index (χ1n) is 10.0. The summed E-state index contributed by atoms with van der Waals surface area (Å²) in [5.74, 6) is 0.649. The van der Waals surface area contributed by atoms with Crippen molar-refractivity contribution in [2.24, 2.45) is 0 Å². The first-order chi connectivity index (χ1) is 15.3. The third-order valence-electron chi connectivity index (χ3n) is 5.06. The van der Waals surface area contributed by atoms with Gasteiger partial charge in [-0.25, -0.2) is 18.1 Å². The lowest BCUT2D eigenvalue weighted by Crippen LogP contribution is -2.26. The van der Waals surface area contributed by atoms with Gasteiger partial charge in [0.15, 0.2) is 5.82 Å². The highest BCUT2D eigenvalue weighted by atomic mass is 32.2. The summed E-state index contributed by atoms with van der Waals surface area (Å²) in [6, 6.07) is 6.55. The van der Waals surface area contributed by atoms with Gasteiger partial charge in [-0.05, 0) is 43.0 Å². The van der Waals surface area contributed by atoms with Gasteiger partial charge >= 0.3 is 0 Å². The van der Waals surface area contributed by atoms with Crippen LogP contribution in [0.3, 0.4) is 0 Å². The highest BCUT2D eigenvalue weighted by Crippen LogP contribution is 2.35. The van der Waals surface area contributed by atoms with Gasteiger partial charge in [0.2, 0.25) is 15.9 Å². The number of sulfonamides is 1. The summed E-state index contributed by atoms with van der Waals surface area (Å²) in [6.45, 7) is 2.34. The Bertz CT molecular complexity index is 1250. The maximum atomic E-state index is 12.9. The van der Waals surface area contributed by atoms with Gasteiger partial charge in [-0.1, -0.05) is 12.1 Å². The molecule has 0 bridgehead atoms. The Morgan fingerprint density at radius 1 is 1.19 bits per heavy atom. The largest absolute Gasteiger partial charge is 0.480 e. The maximum Gasteiger partial charge on any atom is 0.261 e. The van der Waals surface area contributed by atoms with Crippen molar-refractivity contribution in [2.45, 2.75) is 43.9 Å². The Morgan fingerprint density at radius 3 is 2.53 bits per heavy atom. The molecule has 2 N–H and O–H groups in total. The minimum atomic E-state index is -3.49. The van der Waals surface area contributed by atoms with Gasteiger partial charge in [0.1, 0.15) is 11.4 Å². The molecule has 2 heterocycles. The number of carbonyl (C=O) groups excluding carboxylic acids is 1. The van der Waals surface area contributed by atoms with Gasteiger partial charge in [-0.2, -0.15) is 4.98 Å². The van der Waals surface area contributed by atoms with Crippen LogP contribution < -0.4 is 14.8 Å². The molecule has 0 radical (unpaired) electrons. The molecule has 32 heavy (non-hydrogen) atoms. The molecule has 1 aliphatic rings. The van der Waals surface area contributed by atoms with Crippen molar-refractivity contribution >= 4 is 37.5 Å².